The Morgan fingerprint density at radius 1 is 1.44 bits per heavy atom. The molecule has 0 bridgehead atoms. The molecule has 1 aliphatic rings. The maximum absolute atomic E-state index is 11.9. The summed E-state index contributed by atoms with van der Waals surface area (Å²) in [6.07, 6.45) is 1.66. The molecule has 1 N–H and O–H groups in total. The van der Waals surface area contributed by atoms with Crippen LogP contribution in [-0.4, -0.2) is 55.5 Å². The van der Waals surface area contributed by atoms with E-state index in [9.17, 15) is 8.42 Å². The van der Waals surface area contributed by atoms with E-state index in [4.69, 9.17) is 9.84 Å². The molecule has 0 spiro atoms. The molecule has 1 fully saturated rings. The molecule has 6 heteroatoms. The smallest absolute Gasteiger partial charge is 0.218 e. The molecule has 1 rings (SSSR count). The fourth-order valence-electron chi connectivity index (χ4n) is 1.84. The van der Waals surface area contributed by atoms with Crippen molar-refractivity contribution in [2.45, 2.75) is 38.0 Å². The largest absolute Gasteiger partial charge is 0.395 e. The van der Waals surface area contributed by atoms with Crippen molar-refractivity contribution in [2.75, 3.05) is 26.3 Å². The quantitative estimate of drug-likeness (QED) is 0.758. The lowest BCUT2D eigenvalue weighted by atomic mass is 10.1. The predicted octanol–water partition coefficient (Wildman–Crippen LogP) is 0.198. The van der Waals surface area contributed by atoms with E-state index in [-0.39, 0.29) is 12.7 Å². The van der Waals surface area contributed by atoms with Crippen molar-refractivity contribution in [1.29, 1.82) is 0 Å². The third-order valence-electron chi connectivity index (χ3n) is 2.93. The highest BCUT2D eigenvalue weighted by Crippen LogP contribution is 2.19. The number of sulfonamides is 1. The van der Waals surface area contributed by atoms with Crippen molar-refractivity contribution >= 4 is 10.0 Å². The monoisotopic (exact) mass is 251 g/mol. The average molecular weight is 251 g/mol. The van der Waals surface area contributed by atoms with E-state index in [0.29, 0.717) is 19.7 Å². The van der Waals surface area contributed by atoms with Crippen LogP contribution in [0.1, 0.15) is 26.7 Å². The van der Waals surface area contributed by atoms with E-state index in [1.165, 1.54) is 11.2 Å². The molecule has 1 saturated heterocycles. The first-order chi connectivity index (χ1) is 7.52. The number of nitrogens with zero attached hydrogens (tertiary/aromatic N) is 1. The molecule has 1 unspecified atom stereocenters. The number of piperidine rings is 1. The number of aliphatic hydroxyl groups excluding tert-OH is 1. The number of hydrogen-bond donors (Lipinski definition) is 1. The predicted molar refractivity (Wildman–Crippen MR) is 61.7 cm³/mol. The van der Waals surface area contributed by atoms with Gasteiger partial charge in [-0.15, -0.1) is 0 Å². The molecular formula is C10H21NO4S. The lowest BCUT2D eigenvalue weighted by Crippen LogP contribution is -2.45. The molecule has 0 aromatic carbocycles. The SMILES string of the molecule is CCOC1CCN(S(=O)(=O)C(C)CO)CC1. The molecule has 0 saturated carbocycles. The van der Waals surface area contributed by atoms with Gasteiger partial charge in [-0.05, 0) is 26.7 Å². The first-order valence-electron chi connectivity index (χ1n) is 5.73. The zero-order valence-electron chi connectivity index (χ0n) is 9.92. The number of ether oxygens (including phenoxy) is 1. The van der Waals surface area contributed by atoms with Gasteiger partial charge in [-0.25, -0.2) is 12.7 Å². The Kier molecular flexibility index (Phi) is 5.17. The summed E-state index contributed by atoms with van der Waals surface area (Å²) in [6, 6.07) is 0. The average Bonchev–Trinajstić information content (AvgIpc) is 2.29. The van der Waals surface area contributed by atoms with Crippen LogP contribution < -0.4 is 0 Å². The van der Waals surface area contributed by atoms with Gasteiger partial charge in [0.05, 0.1) is 18.0 Å². The fourth-order valence-corrected chi connectivity index (χ4v) is 3.25. The highest BCUT2D eigenvalue weighted by atomic mass is 32.2. The van der Waals surface area contributed by atoms with Gasteiger partial charge < -0.3 is 9.84 Å². The van der Waals surface area contributed by atoms with E-state index >= 15 is 0 Å². The van der Waals surface area contributed by atoms with Crippen molar-refractivity contribution in [3.63, 3.8) is 0 Å². The van der Waals surface area contributed by atoms with Crippen molar-refractivity contribution in [3.05, 3.63) is 0 Å². The molecule has 1 heterocycles. The number of aliphatic hydroxyl groups is 1. The maximum Gasteiger partial charge on any atom is 0.218 e. The molecule has 1 aliphatic heterocycles. The Balaban J connectivity index is 2.53. The zero-order valence-corrected chi connectivity index (χ0v) is 10.7. The van der Waals surface area contributed by atoms with Gasteiger partial charge in [0, 0.05) is 19.7 Å². The molecule has 96 valence electrons. The van der Waals surface area contributed by atoms with Crippen LogP contribution in [0.15, 0.2) is 0 Å². The minimum Gasteiger partial charge on any atom is -0.395 e. The summed E-state index contributed by atoms with van der Waals surface area (Å²) in [7, 11) is -3.32. The van der Waals surface area contributed by atoms with Gasteiger partial charge in [0.25, 0.3) is 0 Å². The van der Waals surface area contributed by atoms with Gasteiger partial charge in [-0.3, -0.25) is 0 Å². The van der Waals surface area contributed by atoms with E-state index in [1.807, 2.05) is 6.92 Å². The molecule has 0 aliphatic carbocycles. The standard InChI is InChI=1S/C10H21NO4S/c1-3-15-10-4-6-11(7-5-10)16(13,14)9(2)8-12/h9-10,12H,3-8H2,1-2H3. The topological polar surface area (TPSA) is 66.8 Å². The summed E-state index contributed by atoms with van der Waals surface area (Å²) in [5, 5.41) is 8.19. The first-order valence-corrected chi connectivity index (χ1v) is 7.24. The third kappa shape index (κ3) is 3.16. The highest BCUT2D eigenvalue weighted by molar-refractivity contribution is 7.89. The summed E-state index contributed by atoms with van der Waals surface area (Å²) in [6.45, 7) is 4.81. The minimum absolute atomic E-state index is 0.181. The molecular weight excluding hydrogens is 230 g/mol. The Labute approximate surface area is 97.4 Å². The molecule has 0 aromatic heterocycles. The molecule has 0 radical (unpaired) electrons. The van der Waals surface area contributed by atoms with Crippen molar-refractivity contribution < 1.29 is 18.3 Å². The molecule has 0 aromatic rings. The van der Waals surface area contributed by atoms with Crippen molar-refractivity contribution in [2.24, 2.45) is 0 Å². The summed E-state index contributed by atoms with van der Waals surface area (Å²) in [5.41, 5.74) is 0. The van der Waals surface area contributed by atoms with Gasteiger partial charge >= 0.3 is 0 Å². The van der Waals surface area contributed by atoms with Crippen LogP contribution in [0.2, 0.25) is 0 Å². The van der Waals surface area contributed by atoms with Crippen molar-refractivity contribution in [1.82, 2.24) is 4.31 Å². The Morgan fingerprint density at radius 3 is 2.44 bits per heavy atom. The number of hydrogen-bond acceptors (Lipinski definition) is 4. The lowest BCUT2D eigenvalue weighted by Gasteiger charge is -2.32. The summed E-state index contributed by atoms with van der Waals surface area (Å²) >= 11 is 0. The van der Waals surface area contributed by atoms with Gasteiger partial charge in [0.1, 0.15) is 0 Å². The van der Waals surface area contributed by atoms with Gasteiger partial charge in [-0.2, -0.15) is 0 Å². The molecule has 16 heavy (non-hydrogen) atoms. The second-order valence-electron chi connectivity index (χ2n) is 4.09. The second-order valence-corrected chi connectivity index (χ2v) is 6.44. The Morgan fingerprint density at radius 2 is 2.00 bits per heavy atom. The molecule has 1 atom stereocenters. The van der Waals surface area contributed by atoms with E-state index in [1.54, 1.807) is 0 Å². The van der Waals surface area contributed by atoms with Crippen molar-refractivity contribution in [3.8, 4) is 0 Å². The van der Waals surface area contributed by atoms with Crippen LogP contribution in [0.3, 0.4) is 0 Å². The van der Waals surface area contributed by atoms with Gasteiger partial charge in [0.15, 0.2) is 0 Å². The van der Waals surface area contributed by atoms with Crippen LogP contribution in [0, 0.1) is 0 Å². The van der Waals surface area contributed by atoms with Crippen LogP contribution in [0.5, 0.6) is 0 Å². The third-order valence-corrected chi connectivity index (χ3v) is 5.18. The van der Waals surface area contributed by atoms with Gasteiger partial charge in [-0.1, -0.05) is 0 Å². The molecule has 5 nitrogen and oxygen atoms in total. The second kappa shape index (κ2) is 5.95. The summed E-state index contributed by atoms with van der Waals surface area (Å²) < 4.78 is 30.7. The fraction of sp³-hybridized carbons (Fsp3) is 1.00. The minimum atomic E-state index is -3.32. The van der Waals surface area contributed by atoms with Crippen LogP contribution >= 0.6 is 0 Å². The highest BCUT2D eigenvalue weighted by Gasteiger charge is 2.31. The van der Waals surface area contributed by atoms with Crippen LogP contribution in [0.25, 0.3) is 0 Å². The van der Waals surface area contributed by atoms with E-state index in [2.05, 4.69) is 0 Å². The van der Waals surface area contributed by atoms with Crippen LogP contribution in [-0.2, 0) is 14.8 Å². The lowest BCUT2D eigenvalue weighted by molar-refractivity contribution is 0.0288. The van der Waals surface area contributed by atoms with E-state index in [0.717, 1.165) is 12.8 Å². The summed E-state index contributed by atoms with van der Waals surface area (Å²) in [5.74, 6) is 0. The first kappa shape index (κ1) is 13.9. The van der Waals surface area contributed by atoms with E-state index < -0.39 is 15.3 Å². The normalized spacial score (nSPS) is 22.2. The maximum atomic E-state index is 11.9. The zero-order chi connectivity index (χ0) is 12.2. The Bertz CT molecular complexity index is 296. The van der Waals surface area contributed by atoms with Gasteiger partial charge in [0.2, 0.25) is 10.0 Å². The van der Waals surface area contributed by atoms with Crippen LogP contribution in [0.4, 0.5) is 0 Å². The number of rotatable bonds is 5. The Hall–Kier alpha value is -0.170. The summed E-state index contributed by atoms with van der Waals surface area (Å²) in [4.78, 5) is 0. The molecule has 0 amide bonds.